The van der Waals surface area contributed by atoms with Crippen LogP contribution in [0.25, 0.3) is 0 Å². The molecule has 0 radical (unpaired) electrons. The minimum atomic E-state index is -0.389. The van der Waals surface area contributed by atoms with Crippen LogP contribution in [0.3, 0.4) is 0 Å². The van der Waals surface area contributed by atoms with E-state index in [4.69, 9.17) is 28.4 Å². The van der Waals surface area contributed by atoms with Crippen LogP contribution in [0.5, 0.6) is 34.5 Å². The number of amides is 2. The van der Waals surface area contributed by atoms with Crippen LogP contribution in [-0.2, 0) is 55.7 Å². The van der Waals surface area contributed by atoms with E-state index in [2.05, 4.69) is 52.2 Å². The summed E-state index contributed by atoms with van der Waals surface area (Å²) < 4.78 is 37.3. The summed E-state index contributed by atoms with van der Waals surface area (Å²) in [6.07, 6.45) is 5.73. The highest BCUT2D eigenvalue weighted by Gasteiger charge is 2.32. The third-order valence-corrected chi connectivity index (χ3v) is 13.7. The van der Waals surface area contributed by atoms with Gasteiger partial charge in [-0.25, -0.2) is 0 Å². The Morgan fingerprint density at radius 1 is 0.372 bits per heavy atom. The molecule has 16 bridgehead atoms. The largest absolute Gasteiger partial charge is 0.492 e. The Balaban J connectivity index is 1.06. The van der Waals surface area contributed by atoms with Gasteiger partial charge >= 0.3 is 0 Å². The van der Waals surface area contributed by atoms with E-state index in [0.29, 0.717) is 67.9 Å². The molecule has 0 fully saturated rings. The highest BCUT2D eigenvalue weighted by atomic mass is 16.5. The molecule has 14 nitrogen and oxygen atoms in total. The Kier molecular flexibility index (Phi) is 16.3. The Morgan fingerprint density at radius 2 is 0.667 bits per heavy atom. The van der Waals surface area contributed by atoms with Gasteiger partial charge in [0, 0.05) is 59.1 Å². The first-order chi connectivity index (χ1) is 37.3. The summed E-state index contributed by atoms with van der Waals surface area (Å²) in [5, 5.41) is 5.66. The summed E-state index contributed by atoms with van der Waals surface area (Å²) in [6.45, 7) is 13.5. The number of carbonyl (C=O) groups is 6. The monoisotopic (exact) mass is 1050 g/mol. The molecule has 14 heteroatoms. The van der Waals surface area contributed by atoms with Crippen molar-refractivity contribution in [3.8, 4) is 34.5 Å². The maximum absolute atomic E-state index is 14.8. The average molecular weight is 1050 g/mol. The number of hydrogen-bond donors (Lipinski definition) is 2. The molecule has 13 rings (SSSR count). The molecule has 78 heavy (non-hydrogen) atoms. The number of ketones is 4. The molecular formula is C64H64N2O12. The minimum Gasteiger partial charge on any atom is -0.492 e. The van der Waals surface area contributed by atoms with Crippen LogP contribution in [0.2, 0.25) is 0 Å². The van der Waals surface area contributed by atoms with Gasteiger partial charge in [-0.15, -0.1) is 0 Å². The van der Waals surface area contributed by atoms with E-state index >= 15 is 0 Å². The first-order valence-electron chi connectivity index (χ1n) is 26.3. The van der Waals surface area contributed by atoms with Gasteiger partial charge in [0.1, 0.15) is 74.1 Å². The molecule has 2 amide bonds. The van der Waals surface area contributed by atoms with E-state index in [-0.39, 0.29) is 146 Å². The lowest BCUT2D eigenvalue weighted by atomic mass is 9.79. The van der Waals surface area contributed by atoms with Gasteiger partial charge in [0.05, 0.1) is 13.1 Å². The van der Waals surface area contributed by atoms with Gasteiger partial charge in [-0.05, 0) is 135 Å². The van der Waals surface area contributed by atoms with Crippen molar-refractivity contribution in [1.29, 1.82) is 0 Å². The van der Waals surface area contributed by atoms with Crippen molar-refractivity contribution in [2.75, 3.05) is 52.7 Å². The van der Waals surface area contributed by atoms with Crippen molar-refractivity contribution in [2.45, 2.75) is 78.1 Å². The van der Waals surface area contributed by atoms with E-state index in [9.17, 15) is 28.8 Å². The number of carbonyl (C=O) groups excluding carboxylic acids is 6. The average Bonchev–Trinajstić information content (AvgIpc) is 3.44. The molecule has 5 aliphatic heterocycles. The number of Topliss-reactive ketones (excluding diaryl/α,β-unsaturated/α-hetero) is 2. The van der Waals surface area contributed by atoms with Crippen molar-refractivity contribution in [2.24, 2.45) is 0 Å². The molecule has 0 saturated carbocycles. The SMILES string of the molecule is CC(C)(C)c1cc2c3c(c1)CC1=CC(=O)C=C(Cc4cc(C(C)(C)C)cc(c4OCCOc4ccc(cc4)OCCNC(=O)c4cccc(c4)C(=O)NCCOc4ccc(cc4)OCCO3)CC3=CC(=O)C=C(C2)C3=O)C1=O. The smallest absolute Gasteiger partial charge is 0.251 e. The highest BCUT2D eigenvalue weighted by molar-refractivity contribution is 6.21. The van der Waals surface area contributed by atoms with Gasteiger partial charge in [-0.1, -0.05) is 71.9 Å². The fourth-order valence-corrected chi connectivity index (χ4v) is 9.61. The predicted molar refractivity (Wildman–Crippen MR) is 294 cm³/mol. The van der Waals surface area contributed by atoms with Gasteiger partial charge in [0.15, 0.2) is 23.1 Å². The number of ether oxygens (including phenoxy) is 6. The summed E-state index contributed by atoms with van der Waals surface area (Å²) in [5.41, 5.74) is 5.41. The van der Waals surface area contributed by atoms with Crippen LogP contribution >= 0.6 is 0 Å². The molecule has 0 unspecified atom stereocenters. The number of hydrogen-bond acceptors (Lipinski definition) is 12. The third-order valence-electron chi connectivity index (χ3n) is 13.7. The molecule has 2 N–H and O–H groups in total. The summed E-state index contributed by atoms with van der Waals surface area (Å²) in [6, 6.07) is 28.4. The molecule has 5 aromatic carbocycles. The van der Waals surface area contributed by atoms with Gasteiger partial charge < -0.3 is 39.1 Å². The number of nitrogens with one attached hydrogen (secondary N) is 2. The van der Waals surface area contributed by atoms with Crippen LogP contribution in [0, 0.1) is 0 Å². The first kappa shape index (κ1) is 54.3. The lowest BCUT2D eigenvalue weighted by Gasteiger charge is -2.27. The van der Waals surface area contributed by atoms with Gasteiger partial charge in [0.2, 0.25) is 0 Å². The van der Waals surface area contributed by atoms with Crippen LogP contribution in [0.1, 0.15) is 95.6 Å². The van der Waals surface area contributed by atoms with Crippen molar-refractivity contribution in [3.63, 3.8) is 0 Å². The molecule has 3 aliphatic carbocycles. The van der Waals surface area contributed by atoms with Crippen LogP contribution in [0.4, 0.5) is 0 Å². The number of allylic oxidation sites excluding steroid dienone is 8. The van der Waals surface area contributed by atoms with Gasteiger partial charge in [-0.2, -0.15) is 0 Å². The van der Waals surface area contributed by atoms with Gasteiger partial charge in [-0.3, -0.25) is 28.8 Å². The summed E-state index contributed by atoms with van der Waals surface area (Å²) in [7, 11) is 0. The lowest BCUT2D eigenvalue weighted by molar-refractivity contribution is -0.115. The molecule has 0 atom stereocenters. The van der Waals surface area contributed by atoms with Crippen molar-refractivity contribution >= 4 is 34.9 Å². The van der Waals surface area contributed by atoms with Crippen LogP contribution in [-0.4, -0.2) is 87.7 Å². The van der Waals surface area contributed by atoms with Crippen LogP contribution in [0.15, 0.2) is 144 Å². The molecular weight excluding hydrogens is 989 g/mol. The lowest BCUT2D eigenvalue weighted by Crippen LogP contribution is -2.30. The van der Waals surface area contributed by atoms with E-state index in [1.165, 1.54) is 30.4 Å². The Bertz CT molecular complexity index is 2990. The van der Waals surface area contributed by atoms with E-state index < -0.39 is 0 Å². The third kappa shape index (κ3) is 13.3. The zero-order chi connectivity index (χ0) is 55.1. The number of rotatable bonds is 0. The van der Waals surface area contributed by atoms with E-state index in [1.54, 1.807) is 66.7 Å². The fraction of sp³-hybridized carbons (Fsp3) is 0.312. The second kappa shape index (κ2) is 23.4. The molecule has 0 aromatic heterocycles. The zero-order valence-corrected chi connectivity index (χ0v) is 44.9. The van der Waals surface area contributed by atoms with Crippen molar-refractivity contribution in [3.05, 3.63) is 188 Å². The molecule has 0 saturated heterocycles. The standard InChI is InChI=1S/C64H64N2O12/c1-63(2,3)49-31-45-27-41-35-51(67)37-43(57(41)69)29-47-33-50(64(4,5)6)34-48-30-44-38-52(68)36-42(58(44)70)28-46(32-49)59(45)77-24-22-75-55-14-10-53(11-15-55)73-20-18-65-61(71)39-8-7-9-40(26-39)62(72)66-19-21-74-54-12-16-56(17-13-54)76-23-25-78-60(47)48/h7-17,26,31-38H,18-25,27-30H2,1-6H3,(H,65,71)(H,66,72). The second-order valence-corrected chi connectivity index (χ2v) is 21.7. The summed E-state index contributed by atoms with van der Waals surface area (Å²) in [5.74, 6) is 1.15. The highest BCUT2D eigenvalue weighted by Crippen LogP contribution is 2.40. The molecule has 5 heterocycles. The normalized spacial score (nSPS) is 17.3. The second-order valence-electron chi connectivity index (χ2n) is 21.7. The topological polar surface area (TPSA) is 182 Å². The maximum Gasteiger partial charge on any atom is 0.251 e. The number of benzene rings is 5. The zero-order valence-electron chi connectivity index (χ0n) is 44.9. The summed E-state index contributed by atoms with van der Waals surface area (Å²) >= 11 is 0. The Labute approximate surface area is 454 Å². The predicted octanol–water partition coefficient (Wildman–Crippen LogP) is 9.02. The Morgan fingerprint density at radius 3 is 0.974 bits per heavy atom. The van der Waals surface area contributed by atoms with Crippen molar-refractivity contribution < 1.29 is 57.2 Å². The maximum atomic E-state index is 14.8. The molecule has 0 spiro atoms. The van der Waals surface area contributed by atoms with Gasteiger partial charge in [0.25, 0.3) is 11.8 Å². The molecule has 8 aliphatic rings. The molecule has 402 valence electrons. The summed E-state index contributed by atoms with van der Waals surface area (Å²) in [4.78, 5) is 83.3. The van der Waals surface area contributed by atoms with E-state index in [0.717, 1.165) is 11.1 Å². The minimum absolute atomic E-state index is 0.0454. The Hall–Kier alpha value is -8.52. The first-order valence-corrected chi connectivity index (χ1v) is 26.3. The molecule has 5 aromatic rings. The fourth-order valence-electron chi connectivity index (χ4n) is 9.61. The van der Waals surface area contributed by atoms with Crippen LogP contribution < -0.4 is 39.1 Å². The quantitative estimate of drug-likeness (QED) is 0.141. The van der Waals surface area contributed by atoms with E-state index in [1.807, 2.05) is 24.3 Å². The van der Waals surface area contributed by atoms with Crippen molar-refractivity contribution in [1.82, 2.24) is 10.6 Å².